The van der Waals surface area contributed by atoms with Gasteiger partial charge in [0, 0.05) is 12.4 Å². The second kappa shape index (κ2) is 6.04. The standard InChI is InChI=1S/C13H20N4O3/c1-10(11(18)20-2)16-12(19)13(4-7-14-8-5-13)17-9-3-6-15-17/h3,6,9-10,14H,4-5,7-8H2,1-2H3,(H,16,19). The molecule has 2 rings (SSSR count). The highest BCUT2D eigenvalue weighted by molar-refractivity contribution is 5.89. The molecule has 1 aliphatic heterocycles. The first-order valence-electron chi connectivity index (χ1n) is 6.70. The van der Waals surface area contributed by atoms with Crippen molar-refractivity contribution < 1.29 is 14.3 Å². The number of hydrogen-bond donors (Lipinski definition) is 2. The number of ether oxygens (including phenoxy) is 1. The zero-order chi connectivity index (χ0) is 14.6. The Morgan fingerprint density at radius 1 is 1.45 bits per heavy atom. The van der Waals surface area contributed by atoms with Gasteiger partial charge in [0.15, 0.2) is 0 Å². The van der Waals surface area contributed by atoms with Crippen LogP contribution < -0.4 is 10.6 Å². The summed E-state index contributed by atoms with van der Waals surface area (Å²) >= 11 is 0. The van der Waals surface area contributed by atoms with Crippen molar-refractivity contribution in [2.24, 2.45) is 0 Å². The predicted octanol–water partition coefficient (Wildman–Crippen LogP) is -0.360. The first-order chi connectivity index (χ1) is 9.60. The van der Waals surface area contributed by atoms with E-state index in [-0.39, 0.29) is 5.91 Å². The van der Waals surface area contributed by atoms with E-state index in [9.17, 15) is 9.59 Å². The minimum absolute atomic E-state index is 0.194. The number of methoxy groups -OCH3 is 1. The minimum atomic E-state index is -0.739. The fourth-order valence-electron chi connectivity index (χ4n) is 2.49. The monoisotopic (exact) mass is 280 g/mol. The molecule has 1 atom stereocenters. The average Bonchev–Trinajstić information content (AvgIpc) is 3.01. The van der Waals surface area contributed by atoms with E-state index in [2.05, 4.69) is 20.5 Å². The summed E-state index contributed by atoms with van der Waals surface area (Å²) in [5.41, 5.74) is -0.739. The van der Waals surface area contributed by atoms with Crippen molar-refractivity contribution in [3.63, 3.8) is 0 Å². The summed E-state index contributed by atoms with van der Waals surface area (Å²) in [5, 5.41) is 10.2. The van der Waals surface area contributed by atoms with Gasteiger partial charge in [0.25, 0.3) is 0 Å². The lowest BCUT2D eigenvalue weighted by atomic mass is 9.87. The summed E-state index contributed by atoms with van der Waals surface area (Å²) in [6, 6.07) is 1.12. The Hall–Kier alpha value is -1.89. The Labute approximate surface area is 117 Å². The number of nitrogens with one attached hydrogen (secondary N) is 2. The number of carbonyl (C=O) groups excluding carboxylic acids is 2. The van der Waals surface area contributed by atoms with E-state index in [0.717, 1.165) is 13.1 Å². The molecule has 0 radical (unpaired) electrons. The largest absolute Gasteiger partial charge is 0.467 e. The number of esters is 1. The van der Waals surface area contributed by atoms with E-state index in [1.807, 2.05) is 0 Å². The maximum absolute atomic E-state index is 12.6. The normalized spacial score (nSPS) is 19.1. The van der Waals surface area contributed by atoms with E-state index in [1.165, 1.54) is 7.11 Å². The van der Waals surface area contributed by atoms with Gasteiger partial charge in [-0.3, -0.25) is 9.48 Å². The fourth-order valence-corrected chi connectivity index (χ4v) is 2.49. The molecule has 7 nitrogen and oxygen atoms in total. The maximum Gasteiger partial charge on any atom is 0.328 e. The third-order valence-corrected chi connectivity index (χ3v) is 3.70. The zero-order valence-electron chi connectivity index (χ0n) is 11.8. The summed E-state index contributed by atoms with van der Waals surface area (Å²) in [5.74, 6) is -0.650. The Kier molecular flexibility index (Phi) is 4.39. The molecule has 7 heteroatoms. The van der Waals surface area contributed by atoms with Crippen molar-refractivity contribution in [3.8, 4) is 0 Å². The first kappa shape index (κ1) is 14.5. The number of piperidine rings is 1. The average molecular weight is 280 g/mol. The molecule has 1 fully saturated rings. The van der Waals surface area contributed by atoms with Crippen LogP contribution in [0.2, 0.25) is 0 Å². The van der Waals surface area contributed by atoms with E-state index in [4.69, 9.17) is 0 Å². The molecule has 0 saturated carbocycles. The van der Waals surface area contributed by atoms with E-state index in [1.54, 1.807) is 30.1 Å². The van der Waals surface area contributed by atoms with Gasteiger partial charge < -0.3 is 15.4 Å². The van der Waals surface area contributed by atoms with Gasteiger partial charge in [0.1, 0.15) is 11.6 Å². The van der Waals surface area contributed by atoms with Crippen LogP contribution in [0.1, 0.15) is 19.8 Å². The fraction of sp³-hybridized carbons (Fsp3) is 0.615. The molecule has 2 heterocycles. The molecule has 110 valence electrons. The number of carbonyl (C=O) groups is 2. The van der Waals surface area contributed by atoms with Gasteiger partial charge in [0.05, 0.1) is 7.11 Å². The third kappa shape index (κ3) is 2.67. The number of hydrogen-bond acceptors (Lipinski definition) is 5. The van der Waals surface area contributed by atoms with Crippen molar-refractivity contribution in [2.75, 3.05) is 20.2 Å². The molecule has 1 amide bonds. The lowest BCUT2D eigenvalue weighted by Gasteiger charge is -2.37. The van der Waals surface area contributed by atoms with Gasteiger partial charge >= 0.3 is 5.97 Å². The quantitative estimate of drug-likeness (QED) is 0.736. The Bertz CT molecular complexity index is 466. The molecule has 1 unspecified atom stereocenters. The molecule has 2 N–H and O–H groups in total. The van der Waals surface area contributed by atoms with Gasteiger partial charge in [-0.1, -0.05) is 0 Å². The van der Waals surface area contributed by atoms with Gasteiger partial charge in [-0.25, -0.2) is 4.79 Å². The molecule has 1 aromatic rings. The summed E-state index contributed by atoms with van der Waals surface area (Å²) in [6.45, 7) is 3.08. The van der Waals surface area contributed by atoms with Crippen LogP contribution in [0.5, 0.6) is 0 Å². The minimum Gasteiger partial charge on any atom is -0.467 e. The Balaban J connectivity index is 2.19. The Morgan fingerprint density at radius 2 is 2.15 bits per heavy atom. The Morgan fingerprint density at radius 3 is 2.70 bits per heavy atom. The van der Waals surface area contributed by atoms with Crippen LogP contribution in [0.15, 0.2) is 18.5 Å². The maximum atomic E-state index is 12.6. The molecular weight excluding hydrogens is 260 g/mol. The molecule has 0 aliphatic carbocycles. The second-order valence-electron chi connectivity index (χ2n) is 4.95. The number of nitrogens with zero attached hydrogens (tertiary/aromatic N) is 2. The molecule has 0 aromatic carbocycles. The lowest BCUT2D eigenvalue weighted by molar-refractivity contribution is -0.146. The van der Waals surface area contributed by atoms with Crippen molar-refractivity contribution in [2.45, 2.75) is 31.3 Å². The third-order valence-electron chi connectivity index (χ3n) is 3.70. The van der Waals surface area contributed by atoms with E-state index < -0.39 is 17.6 Å². The number of amides is 1. The molecule has 1 aromatic heterocycles. The summed E-state index contributed by atoms with van der Waals surface area (Å²) in [7, 11) is 1.30. The van der Waals surface area contributed by atoms with Crippen LogP contribution in [0, 0.1) is 0 Å². The van der Waals surface area contributed by atoms with Crippen molar-refractivity contribution >= 4 is 11.9 Å². The van der Waals surface area contributed by atoms with Crippen molar-refractivity contribution in [1.82, 2.24) is 20.4 Å². The topological polar surface area (TPSA) is 85.2 Å². The second-order valence-corrected chi connectivity index (χ2v) is 4.95. The van der Waals surface area contributed by atoms with Crippen LogP contribution in [-0.2, 0) is 19.9 Å². The summed E-state index contributed by atoms with van der Waals surface area (Å²) < 4.78 is 6.32. The smallest absolute Gasteiger partial charge is 0.328 e. The molecule has 1 saturated heterocycles. The molecule has 1 aliphatic rings. The van der Waals surface area contributed by atoms with Gasteiger partial charge in [-0.15, -0.1) is 0 Å². The van der Waals surface area contributed by atoms with Crippen molar-refractivity contribution in [1.29, 1.82) is 0 Å². The summed E-state index contributed by atoms with van der Waals surface area (Å²) in [4.78, 5) is 24.1. The molecular formula is C13H20N4O3. The van der Waals surface area contributed by atoms with Crippen molar-refractivity contribution in [3.05, 3.63) is 18.5 Å². The van der Waals surface area contributed by atoms with Crippen LogP contribution >= 0.6 is 0 Å². The molecule has 20 heavy (non-hydrogen) atoms. The lowest BCUT2D eigenvalue weighted by Crippen LogP contribution is -2.57. The van der Waals surface area contributed by atoms with Gasteiger partial charge in [0.2, 0.25) is 5.91 Å². The van der Waals surface area contributed by atoms with E-state index >= 15 is 0 Å². The van der Waals surface area contributed by atoms with E-state index in [0.29, 0.717) is 12.8 Å². The molecule has 0 bridgehead atoms. The van der Waals surface area contributed by atoms with Crippen LogP contribution in [0.4, 0.5) is 0 Å². The van der Waals surface area contributed by atoms with Gasteiger partial charge in [-0.2, -0.15) is 5.10 Å². The van der Waals surface area contributed by atoms with Crippen LogP contribution in [0.3, 0.4) is 0 Å². The predicted molar refractivity (Wildman–Crippen MR) is 71.9 cm³/mol. The van der Waals surface area contributed by atoms with Gasteiger partial charge in [-0.05, 0) is 38.9 Å². The number of aromatic nitrogens is 2. The zero-order valence-corrected chi connectivity index (χ0v) is 11.8. The SMILES string of the molecule is COC(=O)C(C)NC(=O)C1(n2cccn2)CCNCC1. The van der Waals surface area contributed by atoms with Crippen LogP contribution in [0.25, 0.3) is 0 Å². The number of rotatable bonds is 4. The molecule has 0 spiro atoms. The highest BCUT2D eigenvalue weighted by Crippen LogP contribution is 2.27. The first-order valence-corrected chi connectivity index (χ1v) is 6.70. The highest BCUT2D eigenvalue weighted by atomic mass is 16.5. The summed E-state index contributed by atoms with van der Waals surface area (Å²) in [6.07, 6.45) is 4.71. The van der Waals surface area contributed by atoms with Crippen LogP contribution in [-0.4, -0.2) is 47.9 Å². The highest BCUT2D eigenvalue weighted by Gasteiger charge is 2.42.